The fraction of sp³-hybridized carbons (Fsp3) is 0.500. The van der Waals surface area contributed by atoms with E-state index in [9.17, 15) is 0 Å². The van der Waals surface area contributed by atoms with Crippen LogP contribution in [0.15, 0.2) is 24.3 Å². The quantitative estimate of drug-likeness (QED) is 0.299. The second-order valence-corrected chi connectivity index (χ2v) is 8.77. The molecule has 0 unspecified atom stereocenters. The molecule has 0 radical (unpaired) electrons. The molecule has 0 saturated carbocycles. The third kappa shape index (κ3) is 11.2. The summed E-state index contributed by atoms with van der Waals surface area (Å²) < 4.78 is 5.30. The van der Waals surface area contributed by atoms with E-state index in [-0.39, 0.29) is 0 Å². The van der Waals surface area contributed by atoms with Gasteiger partial charge in [0.15, 0.2) is 0 Å². The average molecular weight is 208 g/mol. The smallest absolute Gasteiger partial charge is 0.129 e. The molecule has 0 aliphatic heterocycles. The lowest BCUT2D eigenvalue weighted by Crippen LogP contribution is -2.16. The lowest BCUT2D eigenvalue weighted by Gasteiger charge is -2.03. The van der Waals surface area contributed by atoms with Crippen LogP contribution in [0.5, 0.6) is 0 Å². The van der Waals surface area contributed by atoms with E-state index in [0.29, 0.717) is 13.2 Å². The molecule has 78 valence electrons. The summed E-state index contributed by atoms with van der Waals surface area (Å²) in [6, 6.07) is 0. The predicted octanol–water partition coefficient (Wildman–Crippen LogP) is 3.02. The van der Waals surface area contributed by atoms with Crippen LogP contribution < -0.4 is 0 Å². The molecule has 0 aromatic heterocycles. The summed E-state index contributed by atoms with van der Waals surface area (Å²) >= 11 is 0. The summed E-state index contributed by atoms with van der Waals surface area (Å²) in [6.45, 7) is 9.86. The van der Waals surface area contributed by atoms with E-state index < -0.39 is 8.07 Å². The molecule has 14 heavy (non-hydrogen) atoms. The molecule has 0 aromatic carbocycles. The van der Waals surface area contributed by atoms with Gasteiger partial charge in [0.05, 0.1) is 6.61 Å². The maximum Gasteiger partial charge on any atom is 0.129 e. The van der Waals surface area contributed by atoms with E-state index >= 15 is 0 Å². The molecular formula is C12H20OSi. The molecule has 0 N–H and O–H groups in total. The zero-order valence-corrected chi connectivity index (χ0v) is 10.6. The summed E-state index contributed by atoms with van der Waals surface area (Å²) in [7, 11) is -1.21. The Balaban J connectivity index is 3.51. The highest BCUT2D eigenvalue weighted by Gasteiger charge is 2.06. The van der Waals surface area contributed by atoms with Crippen molar-refractivity contribution < 1.29 is 4.74 Å². The van der Waals surface area contributed by atoms with Crippen LogP contribution in [0.1, 0.15) is 6.92 Å². The fourth-order valence-corrected chi connectivity index (χ4v) is 1.33. The zero-order chi connectivity index (χ0) is 10.9. The van der Waals surface area contributed by atoms with E-state index in [1.807, 2.05) is 31.2 Å². The van der Waals surface area contributed by atoms with Crippen molar-refractivity contribution in [1.29, 1.82) is 0 Å². The van der Waals surface area contributed by atoms with Crippen LogP contribution in [0.4, 0.5) is 0 Å². The minimum atomic E-state index is -1.21. The highest BCUT2D eigenvalue weighted by molar-refractivity contribution is 6.83. The molecule has 0 spiro atoms. The van der Waals surface area contributed by atoms with Gasteiger partial charge in [0.1, 0.15) is 14.7 Å². The minimum Gasteiger partial charge on any atom is -0.365 e. The van der Waals surface area contributed by atoms with Gasteiger partial charge in [0.25, 0.3) is 0 Å². The SMILES string of the molecule is C/C=C/C=C/COCC#C[Si](C)(C)C. The van der Waals surface area contributed by atoms with Crippen LogP contribution in [-0.4, -0.2) is 21.3 Å². The Kier molecular flexibility index (Phi) is 7.18. The van der Waals surface area contributed by atoms with Crippen molar-refractivity contribution in [2.45, 2.75) is 26.6 Å². The van der Waals surface area contributed by atoms with Gasteiger partial charge in [-0.1, -0.05) is 49.9 Å². The third-order valence-electron chi connectivity index (χ3n) is 1.29. The van der Waals surface area contributed by atoms with Gasteiger partial charge in [0, 0.05) is 0 Å². The monoisotopic (exact) mass is 208 g/mol. The topological polar surface area (TPSA) is 9.23 Å². The number of hydrogen-bond donors (Lipinski definition) is 0. The molecule has 0 rings (SSSR count). The van der Waals surface area contributed by atoms with E-state index in [1.165, 1.54) is 0 Å². The normalized spacial score (nSPS) is 12.0. The molecular weight excluding hydrogens is 188 g/mol. The van der Waals surface area contributed by atoms with Gasteiger partial charge >= 0.3 is 0 Å². The molecule has 0 fully saturated rings. The molecule has 0 atom stereocenters. The fourth-order valence-electron chi connectivity index (χ4n) is 0.724. The molecule has 0 aliphatic rings. The van der Waals surface area contributed by atoms with Gasteiger partial charge in [-0.05, 0) is 6.92 Å². The third-order valence-corrected chi connectivity index (χ3v) is 2.22. The molecule has 0 saturated heterocycles. The van der Waals surface area contributed by atoms with Crippen LogP contribution in [0.25, 0.3) is 0 Å². The number of hydrogen-bond acceptors (Lipinski definition) is 1. The first-order valence-corrected chi connectivity index (χ1v) is 8.42. The van der Waals surface area contributed by atoms with Crippen LogP contribution >= 0.6 is 0 Å². The van der Waals surface area contributed by atoms with Crippen molar-refractivity contribution in [3.05, 3.63) is 24.3 Å². The molecule has 0 heterocycles. The number of rotatable bonds is 4. The zero-order valence-electron chi connectivity index (χ0n) is 9.63. The molecule has 0 amide bonds. The second-order valence-electron chi connectivity index (χ2n) is 4.02. The van der Waals surface area contributed by atoms with Crippen molar-refractivity contribution in [2.24, 2.45) is 0 Å². The summed E-state index contributed by atoms with van der Waals surface area (Å²) in [5.74, 6) is 3.05. The highest BCUT2D eigenvalue weighted by atomic mass is 28.3. The van der Waals surface area contributed by atoms with Crippen LogP contribution in [0, 0.1) is 11.5 Å². The Hall–Kier alpha value is -0.783. The van der Waals surface area contributed by atoms with E-state index in [2.05, 4.69) is 31.1 Å². The number of ether oxygens (including phenoxy) is 1. The van der Waals surface area contributed by atoms with E-state index in [4.69, 9.17) is 4.74 Å². The largest absolute Gasteiger partial charge is 0.365 e. The van der Waals surface area contributed by atoms with Crippen molar-refractivity contribution >= 4 is 8.07 Å². The van der Waals surface area contributed by atoms with Crippen molar-refractivity contribution in [3.63, 3.8) is 0 Å². The highest BCUT2D eigenvalue weighted by Crippen LogP contribution is 1.95. The lowest BCUT2D eigenvalue weighted by molar-refractivity contribution is 0.199. The Morgan fingerprint density at radius 1 is 1.21 bits per heavy atom. The van der Waals surface area contributed by atoms with Gasteiger partial charge < -0.3 is 4.74 Å². The van der Waals surface area contributed by atoms with Gasteiger partial charge in [-0.2, -0.15) is 0 Å². The summed E-state index contributed by atoms with van der Waals surface area (Å²) in [6.07, 6.45) is 7.93. The first kappa shape index (κ1) is 13.2. The van der Waals surface area contributed by atoms with Crippen LogP contribution in [0.2, 0.25) is 19.6 Å². The van der Waals surface area contributed by atoms with Gasteiger partial charge in [-0.15, -0.1) is 5.54 Å². The molecule has 2 heteroatoms. The van der Waals surface area contributed by atoms with E-state index in [1.54, 1.807) is 0 Å². The first-order valence-electron chi connectivity index (χ1n) is 4.92. The first-order chi connectivity index (χ1) is 6.56. The predicted molar refractivity (Wildman–Crippen MR) is 65.9 cm³/mol. The Morgan fingerprint density at radius 3 is 2.50 bits per heavy atom. The molecule has 0 bridgehead atoms. The summed E-state index contributed by atoms with van der Waals surface area (Å²) in [5, 5.41) is 0. The van der Waals surface area contributed by atoms with Gasteiger partial charge in [-0.25, -0.2) is 0 Å². The van der Waals surface area contributed by atoms with Crippen molar-refractivity contribution in [1.82, 2.24) is 0 Å². The van der Waals surface area contributed by atoms with Crippen LogP contribution in [0.3, 0.4) is 0 Å². The Bertz CT molecular complexity index is 248. The minimum absolute atomic E-state index is 0.546. The van der Waals surface area contributed by atoms with Gasteiger partial charge in [0.2, 0.25) is 0 Å². The summed E-state index contributed by atoms with van der Waals surface area (Å²) in [5.41, 5.74) is 3.25. The standard InChI is InChI=1S/C12H20OSi/c1-5-6-7-8-10-13-11-9-12-14(2,3)4/h5-8H,10-11H2,1-4H3/b6-5+,8-7+. The second kappa shape index (κ2) is 7.60. The molecule has 1 nitrogen and oxygen atoms in total. The summed E-state index contributed by atoms with van der Waals surface area (Å²) in [4.78, 5) is 0. The number of allylic oxidation sites excluding steroid dienone is 3. The average Bonchev–Trinajstić information content (AvgIpc) is 2.08. The van der Waals surface area contributed by atoms with E-state index in [0.717, 1.165) is 0 Å². The molecule has 0 aromatic rings. The maximum absolute atomic E-state index is 5.30. The lowest BCUT2D eigenvalue weighted by atomic mass is 10.4. The Labute approximate surface area is 88.9 Å². The van der Waals surface area contributed by atoms with Crippen molar-refractivity contribution in [2.75, 3.05) is 13.2 Å². The van der Waals surface area contributed by atoms with Gasteiger partial charge in [-0.3, -0.25) is 0 Å². The van der Waals surface area contributed by atoms with Crippen LogP contribution in [-0.2, 0) is 4.74 Å². The van der Waals surface area contributed by atoms with Crippen molar-refractivity contribution in [3.8, 4) is 11.5 Å². The maximum atomic E-state index is 5.30. The Morgan fingerprint density at radius 2 is 1.93 bits per heavy atom. The molecule has 0 aliphatic carbocycles.